The van der Waals surface area contributed by atoms with Crippen molar-refractivity contribution >= 4 is 16.7 Å². The van der Waals surface area contributed by atoms with E-state index in [9.17, 15) is 4.79 Å². The van der Waals surface area contributed by atoms with Crippen LogP contribution in [0.4, 0.5) is 0 Å². The minimum Gasteiger partial charge on any atom is -0.494 e. The molecule has 1 saturated carbocycles. The van der Waals surface area contributed by atoms with Crippen molar-refractivity contribution in [2.45, 2.75) is 12.8 Å². The number of methoxy groups -OCH3 is 1. The highest BCUT2D eigenvalue weighted by Crippen LogP contribution is 2.35. The standard InChI is InChI=1S/C14H13NO2/c1-17-12-7-6-11(14(16)9-4-5-9)10-3-2-8-15-13(10)12/h2-3,6-9H,4-5H2,1H3. The Balaban J connectivity index is 2.22. The lowest BCUT2D eigenvalue weighted by molar-refractivity contribution is 0.0969. The largest absolute Gasteiger partial charge is 0.494 e. The van der Waals surface area contributed by atoms with Gasteiger partial charge in [0.2, 0.25) is 0 Å². The minimum atomic E-state index is 0.229. The third kappa shape index (κ3) is 1.68. The van der Waals surface area contributed by atoms with Gasteiger partial charge in [0.1, 0.15) is 11.3 Å². The van der Waals surface area contributed by atoms with Crippen LogP contribution in [0.3, 0.4) is 0 Å². The van der Waals surface area contributed by atoms with Crippen molar-refractivity contribution in [1.29, 1.82) is 0 Å². The summed E-state index contributed by atoms with van der Waals surface area (Å²) < 4.78 is 5.26. The summed E-state index contributed by atoms with van der Waals surface area (Å²) in [6.07, 6.45) is 3.76. The summed E-state index contributed by atoms with van der Waals surface area (Å²) in [7, 11) is 1.62. The molecule has 3 nitrogen and oxygen atoms in total. The van der Waals surface area contributed by atoms with Gasteiger partial charge in [0.05, 0.1) is 7.11 Å². The van der Waals surface area contributed by atoms with Gasteiger partial charge in [0, 0.05) is 23.1 Å². The number of hydrogen-bond acceptors (Lipinski definition) is 3. The molecule has 1 heterocycles. The first-order valence-corrected chi connectivity index (χ1v) is 5.77. The molecule has 1 aliphatic carbocycles. The van der Waals surface area contributed by atoms with Gasteiger partial charge in [-0.2, -0.15) is 0 Å². The van der Waals surface area contributed by atoms with Gasteiger partial charge in [-0.1, -0.05) is 6.07 Å². The molecule has 0 amide bonds. The number of carbonyl (C=O) groups is 1. The third-order valence-corrected chi connectivity index (χ3v) is 3.17. The average molecular weight is 227 g/mol. The number of Topliss-reactive ketones (excluding diaryl/α,β-unsaturated/α-hetero) is 1. The highest BCUT2D eigenvalue weighted by Gasteiger charge is 2.31. The van der Waals surface area contributed by atoms with Gasteiger partial charge in [-0.05, 0) is 31.0 Å². The molecule has 17 heavy (non-hydrogen) atoms. The fourth-order valence-corrected chi connectivity index (χ4v) is 2.09. The number of pyridine rings is 1. The summed E-state index contributed by atoms with van der Waals surface area (Å²) in [6, 6.07) is 7.46. The molecular formula is C14H13NO2. The molecule has 3 rings (SSSR count). The van der Waals surface area contributed by atoms with Crippen molar-refractivity contribution in [3.05, 3.63) is 36.0 Å². The Labute approximate surface area is 99.4 Å². The van der Waals surface area contributed by atoms with Crippen LogP contribution < -0.4 is 4.74 Å². The van der Waals surface area contributed by atoms with E-state index in [1.807, 2.05) is 24.3 Å². The third-order valence-electron chi connectivity index (χ3n) is 3.17. The molecule has 3 heteroatoms. The molecule has 1 aromatic heterocycles. The maximum atomic E-state index is 12.2. The van der Waals surface area contributed by atoms with Gasteiger partial charge in [0.15, 0.2) is 5.78 Å². The molecule has 0 unspecified atom stereocenters. The number of nitrogens with zero attached hydrogens (tertiary/aromatic N) is 1. The molecule has 1 fully saturated rings. The second kappa shape index (κ2) is 3.84. The lowest BCUT2D eigenvalue weighted by atomic mass is 10.0. The van der Waals surface area contributed by atoms with Crippen molar-refractivity contribution in [3.8, 4) is 5.75 Å². The molecule has 1 aromatic carbocycles. The number of hydrogen-bond donors (Lipinski definition) is 0. The van der Waals surface area contributed by atoms with E-state index in [0.717, 1.165) is 29.3 Å². The van der Waals surface area contributed by atoms with E-state index in [4.69, 9.17) is 4.74 Å². The highest BCUT2D eigenvalue weighted by molar-refractivity contribution is 6.10. The Bertz CT molecular complexity index is 588. The zero-order valence-corrected chi connectivity index (χ0v) is 9.64. The smallest absolute Gasteiger partial charge is 0.166 e. The second-order valence-electron chi connectivity index (χ2n) is 4.35. The molecule has 0 aliphatic heterocycles. The number of fused-ring (bicyclic) bond motifs is 1. The summed E-state index contributed by atoms with van der Waals surface area (Å²) >= 11 is 0. The first-order chi connectivity index (χ1) is 8.31. The van der Waals surface area contributed by atoms with Crippen LogP contribution in [0, 0.1) is 5.92 Å². The fourth-order valence-electron chi connectivity index (χ4n) is 2.09. The minimum absolute atomic E-state index is 0.229. The zero-order chi connectivity index (χ0) is 11.8. The Kier molecular flexibility index (Phi) is 2.32. The first kappa shape index (κ1) is 10.3. The molecule has 0 bridgehead atoms. The fraction of sp³-hybridized carbons (Fsp3) is 0.286. The number of rotatable bonds is 3. The van der Waals surface area contributed by atoms with Crippen LogP contribution in [0.5, 0.6) is 5.75 Å². The van der Waals surface area contributed by atoms with Gasteiger partial charge in [-0.15, -0.1) is 0 Å². The van der Waals surface area contributed by atoms with Crippen molar-refractivity contribution in [3.63, 3.8) is 0 Å². The number of ketones is 1. The molecule has 0 atom stereocenters. The van der Waals surface area contributed by atoms with Crippen LogP contribution in [-0.2, 0) is 0 Å². The normalized spacial score (nSPS) is 14.9. The van der Waals surface area contributed by atoms with Crippen LogP contribution in [0.2, 0.25) is 0 Å². The van der Waals surface area contributed by atoms with E-state index in [1.165, 1.54) is 0 Å². The summed E-state index contributed by atoms with van der Waals surface area (Å²) in [5.74, 6) is 1.19. The molecule has 0 radical (unpaired) electrons. The SMILES string of the molecule is COc1ccc(C(=O)C2CC2)c2cccnc12. The molecule has 0 spiro atoms. The predicted octanol–water partition coefficient (Wildman–Crippen LogP) is 2.84. The van der Waals surface area contributed by atoms with Crippen LogP contribution in [0.15, 0.2) is 30.5 Å². The highest BCUT2D eigenvalue weighted by atomic mass is 16.5. The van der Waals surface area contributed by atoms with Gasteiger partial charge in [0.25, 0.3) is 0 Å². The lowest BCUT2D eigenvalue weighted by Gasteiger charge is -2.08. The topological polar surface area (TPSA) is 39.2 Å². The molecule has 2 aromatic rings. The van der Waals surface area contributed by atoms with E-state index < -0.39 is 0 Å². The molecule has 1 aliphatic rings. The Morgan fingerprint density at radius 2 is 2.18 bits per heavy atom. The number of benzene rings is 1. The lowest BCUT2D eigenvalue weighted by Crippen LogP contribution is -2.03. The molecule has 0 saturated heterocycles. The van der Waals surface area contributed by atoms with Crippen molar-refractivity contribution in [1.82, 2.24) is 4.98 Å². The van der Waals surface area contributed by atoms with E-state index in [-0.39, 0.29) is 11.7 Å². The van der Waals surface area contributed by atoms with Crippen molar-refractivity contribution in [2.75, 3.05) is 7.11 Å². The summed E-state index contributed by atoms with van der Waals surface area (Å²) in [5, 5.41) is 0.892. The Morgan fingerprint density at radius 3 is 2.88 bits per heavy atom. The Hall–Kier alpha value is -1.90. The maximum absolute atomic E-state index is 12.2. The van der Waals surface area contributed by atoms with Crippen LogP contribution in [-0.4, -0.2) is 17.9 Å². The van der Waals surface area contributed by atoms with Crippen molar-refractivity contribution in [2.24, 2.45) is 5.92 Å². The van der Waals surface area contributed by atoms with E-state index in [0.29, 0.717) is 5.75 Å². The zero-order valence-electron chi connectivity index (χ0n) is 9.64. The van der Waals surface area contributed by atoms with Gasteiger partial charge >= 0.3 is 0 Å². The summed E-state index contributed by atoms with van der Waals surface area (Å²) in [4.78, 5) is 16.4. The van der Waals surface area contributed by atoms with Gasteiger partial charge in [-0.25, -0.2) is 0 Å². The van der Waals surface area contributed by atoms with Crippen LogP contribution in [0.25, 0.3) is 10.9 Å². The monoisotopic (exact) mass is 227 g/mol. The molecule has 0 N–H and O–H groups in total. The van der Waals surface area contributed by atoms with E-state index in [1.54, 1.807) is 13.3 Å². The van der Waals surface area contributed by atoms with Crippen LogP contribution in [0.1, 0.15) is 23.2 Å². The van der Waals surface area contributed by atoms with Crippen molar-refractivity contribution < 1.29 is 9.53 Å². The Morgan fingerprint density at radius 1 is 1.35 bits per heavy atom. The van der Waals surface area contributed by atoms with Gasteiger partial charge in [-0.3, -0.25) is 9.78 Å². The number of aromatic nitrogens is 1. The molecule has 86 valence electrons. The second-order valence-corrected chi connectivity index (χ2v) is 4.35. The number of ether oxygens (including phenoxy) is 1. The van der Waals surface area contributed by atoms with E-state index in [2.05, 4.69) is 4.98 Å². The maximum Gasteiger partial charge on any atom is 0.166 e. The van der Waals surface area contributed by atoms with E-state index >= 15 is 0 Å². The number of carbonyl (C=O) groups excluding carboxylic acids is 1. The van der Waals surface area contributed by atoms with Crippen LogP contribution >= 0.6 is 0 Å². The summed E-state index contributed by atoms with van der Waals surface area (Å²) in [5.41, 5.74) is 1.54. The quantitative estimate of drug-likeness (QED) is 0.757. The predicted molar refractivity (Wildman–Crippen MR) is 65.3 cm³/mol. The first-order valence-electron chi connectivity index (χ1n) is 5.77. The molecular weight excluding hydrogens is 214 g/mol. The summed E-state index contributed by atoms with van der Waals surface area (Å²) in [6.45, 7) is 0. The average Bonchev–Trinajstić information content (AvgIpc) is 3.21. The van der Waals surface area contributed by atoms with Gasteiger partial charge < -0.3 is 4.74 Å².